The van der Waals surface area contributed by atoms with Gasteiger partial charge in [-0.15, -0.1) is 0 Å². The van der Waals surface area contributed by atoms with Gasteiger partial charge >= 0.3 is 0 Å². The molecule has 0 saturated carbocycles. The van der Waals surface area contributed by atoms with Gasteiger partial charge in [-0.3, -0.25) is 13.9 Å². The number of sulfonamides is 1. The Morgan fingerprint density at radius 2 is 1.57 bits per heavy atom. The van der Waals surface area contributed by atoms with Crippen molar-refractivity contribution in [2.45, 2.75) is 44.7 Å². The summed E-state index contributed by atoms with van der Waals surface area (Å²) in [5.41, 5.74) is 1.92. The van der Waals surface area contributed by atoms with Crippen molar-refractivity contribution < 1.29 is 27.5 Å². The minimum Gasteiger partial charge on any atom is -0.493 e. The van der Waals surface area contributed by atoms with Crippen LogP contribution in [0.25, 0.3) is 0 Å². The molecular formula is C30H37N3O6S. The van der Waals surface area contributed by atoms with Gasteiger partial charge in [-0.25, -0.2) is 8.42 Å². The van der Waals surface area contributed by atoms with Gasteiger partial charge in [-0.05, 0) is 50.1 Å². The number of rotatable bonds is 13. The molecule has 214 valence electrons. The number of hydrogen-bond acceptors (Lipinski definition) is 6. The molecule has 10 heteroatoms. The lowest BCUT2D eigenvalue weighted by Crippen LogP contribution is -2.51. The van der Waals surface area contributed by atoms with E-state index in [2.05, 4.69) is 5.32 Å². The van der Waals surface area contributed by atoms with Crippen molar-refractivity contribution in [1.82, 2.24) is 10.2 Å². The second-order valence-electron chi connectivity index (χ2n) is 9.34. The minimum atomic E-state index is -4.19. The molecule has 40 heavy (non-hydrogen) atoms. The molecule has 0 aromatic heterocycles. The van der Waals surface area contributed by atoms with Gasteiger partial charge in [0.05, 0.1) is 24.8 Å². The molecule has 0 bridgehead atoms. The highest BCUT2D eigenvalue weighted by Crippen LogP contribution is 2.34. The highest BCUT2D eigenvalue weighted by molar-refractivity contribution is 7.92. The fraction of sp³-hybridized carbons (Fsp3) is 0.333. The summed E-state index contributed by atoms with van der Waals surface area (Å²) >= 11 is 0. The minimum absolute atomic E-state index is 0.0315. The van der Waals surface area contributed by atoms with Gasteiger partial charge in [-0.1, -0.05) is 55.0 Å². The van der Waals surface area contributed by atoms with Crippen LogP contribution in [-0.2, 0) is 26.2 Å². The Morgan fingerprint density at radius 1 is 0.925 bits per heavy atom. The summed E-state index contributed by atoms with van der Waals surface area (Å²) in [7, 11) is -1.26. The van der Waals surface area contributed by atoms with Gasteiger partial charge in [0.25, 0.3) is 10.0 Å². The third-order valence-electron chi connectivity index (χ3n) is 6.46. The molecule has 0 spiro atoms. The predicted octanol–water partition coefficient (Wildman–Crippen LogP) is 4.15. The fourth-order valence-corrected chi connectivity index (χ4v) is 5.51. The SMILES string of the molecule is CCCNC(=O)C(C)N(Cc1ccccc1)C(=O)CN(c1ccc(OC)c(OC)c1)S(=O)(=O)c1ccc(C)cc1. The van der Waals surface area contributed by atoms with E-state index in [4.69, 9.17) is 9.47 Å². The predicted molar refractivity (Wildman–Crippen MR) is 155 cm³/mol. The van der Waals surface area contributed by atoms with Crippen molar-refractivity contribution in [3.05, 3.63) is 83.9 Å². The van der Waals surface area contributed by atoms with Crippen LogP contribution >= 0.6 is 0 Å². The summed E-state index contributed by atoms with van der Waals surface area (Å²) in [5.74, 6) is -0.124. The zero-order valence-corrected chi connectivity index (χ0v) is 24.4. The van der Waals surface area contributed by atoms with Crippen LogP contribution in [0.15, 0.2) is 77.7 Å². The summed E-state index contributed by atoms with van der Waals surface area (Å²) in [6.45, 7) is 5.50. The standard InChI is InChI=1S/C30H37N3O6S/c1-6-18-31-30(35)23(3)32(20-24-10-8-7-9-11-24)29(34)21-33(25-14-17-27(38-4)28(19-25)39-5)40(36,37)26-15-12-22(2)13-16-26/h7-17,19,23H,6,18,20-21H2,1-5H3,(H,31,35). The Hall–Kier alpha value is -4.05. The molecule has 1 unspecified atom stereocenters. The van der Waals surface area contributed by atoms with E-state index in [9.17, 15) is 18.0 Å². The lowest BCUT2D eigenvalue weighted by molar-refractivity contribution is -0.139. The maximum absolute atomic E-state index is 14.0. The van der Waals surface area contributed by atoms with Crippen LogP contribution < -0.4 is 19.1 Å². The van der Waals surface area contributed by atoms with Crippen molar-refractivity contribution in [3.63, 3.8) is 0 Å². The molecule has 3 aromatic carbocycles. The number of hydrogen-bond donors (Lipinski definition) is 1. The summed E-state index contributed by atoms with van der Waals surface area (Å²) in [6.07, 6.45) is 0.743. The quantitative estimate of drug-likeness (QED) is 0.333. The lowest BCUT2D eigenvalue weighted by atomic mass is 10.1. The highest BCUT2D eigenvalue weighted by atomic mass is 32.2. The van der Waals surface area contributed by atoms with E-state index < -0.39 is 28.5 Å². The number of amides is 2. The van der Waals surface area contributed by atoms with Crippen LogP contribution in [0.3, 0.4) is 0 Å². The third kappa shape index (κ3) is 7.32. The maximum Gasteiger partial charge on any atom is 0.264 e. The fourth-order valence-electron chi connectivity index (χ4n) is 4.10. The van der Waals surface area contributed by atoms with Gasteiger partial charge < -0.3 is 19.7 Å². The lowest BCUT2D eigenvalue weighted by Gasteiger charge is -2.32. The Labute approximate surface area is 236 Å². The van der Waals surface area contributed by atoms with E-state index in [1.807, 2.05) is 44.2 Å². The number of benzene rings is 3. The molecule has 0 aliphatic carbocycles. The van der Waals surface area contributed by atoms with Crippen molar-refractivity contribution in [2.75, 3.05) is 31.6 Å². The van der Waals surface area contributed by atoms with Crippen molar-refractivity contribution in [3.8, 4) is 11.5 Å². The first-order valence-corrected chi connectivity index (χ1v) is 14.5. The maximum atomic E-state index is 14.0. The number of carbonyl (C=O) groups is 2. The summed E-state index contributed by atoms with van der Waals surface area (Å²) in [6, 6.07) is 19.5. The third-order valence-corrected chi connectivity index (χ3v) is 8.24. The number of aryl methyl sites for hydroxylation is 1. The van der Waals surface area contributed by atoms with Crippen LogP contribution in [0, 0.1) is 6.92 Å². The molecule has 1 N–H and O–H groups in total. The van der Waals surface area contributed by atoms with Gasteiger partial charge in [0, 0.05) is 19.2 Å². The number of nitrogens with zero attached hydrogens (tertiary/aromatic N) is 2. The van der Waals surface area contributed by atoms with Crippen molar-refractivity contribution >= 4 is 27.5 Å². The number of nitrogens with one attached hydrogen (secondary N) is 1. The summed E-state index contributed by atoms with van der Waals surface area (Å²) in [4.78, 5) is 28.3. The molecule has 0 aliphatic rings. The van der Waals surface area contributed by atoms with Gasteiger partial charge in [0.1, 0.15) is 12.6 Å². The Morgan fingerprint density at radius 3 is 2.17 bits per heavy atom. The largest absolute Gasteiger partial charge is 0.493 e. The zero-order chi connectivity index (χ0) is 29.3. The van der Waals surface area contributed by atoms with Crippen molar-refractivity contribution in [2.24, 2.45) is 0 Å². The Kier molecular flexibility index (Phi) is 10.6. The molecule has 0 radical (unpaired) electrons. The Balaban J connectivity index is 2.07. The second-order valence-corrected chi connectivity index (χ2v) is 11.2. The molecule has 0 heterocycles. The molecule has 2 amide bonds. The van der Waals surface area contributed by atoms with Crippen molar-refractivity contribution in [1.29, 1.82) is 0 Å². The molecule has 0 saturated heterocycles. The van der Waals surface area contributed by atoms with E-state index in [1.54, 1.807) is 31.2 Å². The number of methoxy groups -OCH3 is 2. The van der Waals surface area contributed by atoms with Gasteiger partial charge in [-0.2, -0.15) is 0 Å². The van der Waals surface area contributed by atoms with E-state index in [0.717, 1.165) is 21.9 Å². The summed E-state index contributed by atoms with van der Waals surface area (Å²) < 4.78 is 39.7. The zero-order valence-electron chi connectivity index (χ0n) is 23.6. The normalized spacial score (nSPS) is 11.8. The molecule has 1 atom stereocenters. The molecule has 3 rings (SSSR count). The molecule has 0 aliphatic heterocycles. The smallest absolute Gasteiger partial charge is 0.264 e. The van der Waals surface area contributed by atoms with Crippen LogP contribution in [-0.4, -0.2) is 58.5 Å². The number of anilines is 1. The number of ether oxygens (including phenoxy) is 2. The van der Waals surface area contributed by atoms with Crippen LogP contribution in [0.2, 0.25) is 0 Å². The first-order valence-electron chi connectivity index (χ1n) is 13.0. The van der Waals surface area contributed by atoms with Crippen LogP contribution in [0.1, 0.15) is 31.4 Å². The van der Waals surface area contributed by atoms with E-state index in [0.29, 0.717) is 18.0 Å². The number of carbonyl (C=O) groups excluding carboxylic acids is 2. The van der Waals surface area contributed by atoms with Gasteiger partial charge in [0.2, 0.25) is 11.8 Å². The first-order chi connectivity index (χ1) is 19.1. The molecular weight excluding hydrogens is 530 g/mol. The second kappa shape index (κ2) is 13.8. The van der Waals surface area contributed by atoms with Gasteiger partial charge in [0.15, 0.2) is 11.5 Å². The first kappa shape index (κ1) is 30.5. The summed E-state index contributed by atoms with van der Waals surface area (Å²) in [5, 5.41) is 2.83. The topological polar surface area (TPSA) is 105 Å². The van der Waals surface area contributed by atoms with E-state index >= 15 is 0 Å². The molecule has 9 nitrogen and oxygen atoms in total. The average molecular weight is 568 g/mol. The Bertz CT molecular complexity index is 1390. The van der Waals surface area contributed by atoms with E-state index in [1.165, 1.54) is 37.3 Å². The average Bonchev–Trinajstić information content (AvgIpc) is 2.97. The molecule has 0 fully saturated rings. The van der Waals surface area contributed by atoms with Crippen LogP contribution in [0.4, 0.5) is 5.69 Å². The molecule has 3 aromatic rings. The monoisotopic (exact) mass is 567 g/mol. The van der Waals surface area contributed by atoms with Crippen LogP contribution in [0.5, 0.6) is 11.5 Å². The highest BCUT2D eigenvalue weighted by Gasteiger charge is 2.33. The van der Waals surface area contributed by atoms with E-state index in [-0.39, 0.29) is 23.0 Å².